The maximum atomic E-state index is 13.7. The van der Waals surface area contributed by atoms with Crippen LogP contribution in [0.5, 0.6) is 5.75 Å². The molecule has 1 unspecified atom stereocenters. The SMILES string of the molecule is CCC(CC)C(O)c1ccc(OC)cc1F. The van der Waals surface area contributed by atoms with E-state index in [9.17, 15) is 9.50 Å². The van der Waals surface area contributed by atoms with Crippen LogP contribution < -0.4 is 4.74 Å². The molecule has 0 heterocycles. The molecule has 1 atom stereocenters. The number of rotatable bonds is 5. The summed E-state index contributed by atoms with van der Waals surface area (Å²) in [5.74, 6) is 0.166. The van der Waals surface area contributed by atoms with Crippen LogP contribution in [-0.2, 0) is 0 Å². The van der Waals surface area contributed by atoms with Crippen LogP contribution in [0.25, 0.3) is 0 Å². The molecule has 0 bridgehead atoms. The number of hydrogen-bond acceptors (Lipinski definition) is 2. The van der Waals surface area contributed by atoms with E-state index in [-0.39, 0.29) is 5.92 Å². The molecular weight excluding hydrogens is 207 g/mol. The van der Waals surface area contributed by atoms with E-state index in [1.165, 1.54) is 13.2 Å². The maximum Gasteiger partial charge on any atom is 0.132 e. The van der Waals surface area contributed by atoms with Gasteiger partial charge in [0.1, 0.15) is 11.6 Å². The summed E-state index contributed by atoms with van der Waals surface area (Å²) < 4.78 is 18.6. The van der Waals surface area contributed by atoms with E-state index in [4.69, 9.17) is 4.74 Å². The van der Waals surface area contributed by atoms with Crippen molar-refractivity contribution in [2.45, 2.75) is 32.8 Å². The van der Waals surface area contributed by atoms with Crippen LogP contribution in [0.1, 0.15) is 38.4 Å². The molecule has 0 aliphatic carbocycles. The zero-order valence-corrected chi connectivity index (χ0v) is 10.0. The zero-order chi connectivity index (χ0) is 12.1. The number of aliphatic hydroxyl groups is 1. The summed E-state index contributed by atoms with van der Waals surface area (Å²) in [5.41, 5.74) is 0.356. The third kappa shape index (κ3) is 2.73. The van der Waals surface area contributed by atoms with Crippen molar-refractivity contribution in [3.8, 4) is 5.75 Å². The highest BCUT2D eigenvalue weighted by Crippen LogP contribution is 2.30. The second-order valence-electron chi connectivity index (χ2n) is 3.91. The summed E-state index contributed by atoms with van der Waals surface area (Å²) >= 11 is 0. The Morgan fingerprint density at radius 2 is 1.94 bits per heavy atom. The van der Waals surface area contributed by atoms with Gasteiger partial charge in [0, 0.05) is 11.6 Å². The lowest BCUT2D eigenvalue weighted by Crippen LogP contribution is -2.12. The highest BCUT2D eigenvalue weighted by Gasteiger charge is 2.20. The van der Waals surface area contributed by atoms with Gasteiger partial charge >= 0.3 is 0 Å². The van der Waals surface area contributed by atoms with E-state index in [0.717, 1.165) is 12.8 Å². The molecule has 1 N–H and O–H groups in total. The van der Waals surface area contributed by atoms with Crippen molar-refractivity contribution in [2.75, 3.05) is 7.11 Å². The van der Waals surface area contributed by atoms with Crippen LogP contribution in [0.4, 0.5) is 4.39 Å². The van der Waals surface area contributed by atoms with E-state index in [0.29, 0.717) is 11.3 Å². The van der Waals surface area contributed by atoms with Crippen molar-refractivity contribution >= 4 is 0 Å². The van der Waals surface area contributed by atoms with Crippen LogP contribution in [0.2, 0.25) is 0 Å². The minimum Gasteiger partial charge on any atom is -0.497 e. The normalized spacial score (nSPS) is 12.9. The number of hydrogen-bond donors (Lipinski definition) is 1. The number of benzene rings is 1. The molecule has 0 radical (unpaired) electrons. The van der Waals surface area contributed by atoms with Gasteiger partial charge in [-0.1, -0.05) is 26.7 Å². The van der Waals surface area contributed by atoms with Crippen molar-refractivity contribution in [1.82, 2.24) is 0 Å². The summed E-state index contributed by atoms with van der Waals surface area (Å²) in [6.07, 6.45) is 0.938. The molecule has 0 saturated heterocycles. The molecule has 1 aromatic rings. The molecule has 16 heavy (non-hydrogen) atoms. The average Bonchev–Trinajstić information content (AvgIpc) is 2.30. The first-order valence-corrected chi connectivity index (χ1v) is 5.65. The first-order chi connectivity index (χ1) is 7.63. The summed E-state index contributed by atoms with van der Waals surface area (Å²) in [4.78, 5) is 0. The standard InChI is InChI=1S/C13H19FO2/c1-4-9(5-2)13(15)11-7-6-10(16-3)8-12(11)14/h6-9,13,15H,4-5H2,1-3H3. The highest BCUT2D eigenvalue weighted by atomic mass is 19.1. The summed E-state index contributed by atoms with van der Waals surface area (Å²) in [6, 6.07) is 4.57. The molecule has 0 amide bonds. The number of halogens is 1. The molecule has 2 nitrogen and oxygen atoms in total. The third-order valence-electron chi connectivity index (χ3n) is 3.02. The lowest BCUT2D eigenvalue weighted by Gasteiger charge is -2.21. The van der Waals surface area contributed by atoms with Crippen molar-refractivity contribution in [2.24, 2.45) is 5.92 Å². The van der Waals surface area contributed by atoms with Gasteiger partial charge in [0.2, 0.25) is 0 Å². The monoisotopic (exact) mass is 226 g/mol. The van der Waals surface area contributed by atoms with Crippen LogP contribution in [-0.4, -0.2) is 12.2 Å². The maximum absolute atomic E-state index is 13.7. The number of aliphatic hydroxyl groups excluding tert-OH is 1. The average molecular weight is 226 g/mol. The van der Waals surface area contributed by atoms with Crippen molar-refractivity contribution in [3.63, 3.8) is 0 Å². The Balaban J connectivity index is 2.95. The van der Waals surface area contributed by atoms with E-state index in [2.05, 4.69) is 0 Å². The van der Waals surface area contributed by atoms with Gasteiger partial charge in [-0.3, -0.25) is 0 Å². The third-order valence-corrected chi connectivity index (χ3v) is 3.02. The van der Waals surface area contributed by atoms with Crippen molar-refractivity contribution < 1.29 is 14.2 Å². The Hall–Kier alpha value is -1.09. The first kappa shape index (κ1) is 13.0. The van der Waals surface area contributed by atoms with Crippen LogP contribution in [0, 0.1) is 11.7 Å². The van der Waals surface area contributed by atoms with Gasteiger partial charge in [0.05, 0.1) is 13.2 Å². The smallest absolute Gasteiger partial charge is 0.132 e. The Morgan fingerprint density at radius 3 is 2.38 bits per heavy atom. The van der Waals surface area contributed by atoms with Crippen molar-refractivity contribution in [3.05, 3.63) is 29.6 Å². The Morgan fingerprint density at radius 1 is 1.31 bits per heavy atom. The van der Waals surface area contributed by atoms with Gasteiger partial charge in [-0.15, -0.1) is 0 Å². The summed E-state index contributed by atoms with van der Waals surface area (Å²) in [6.45, 7) is 4.00. The lowest BCUT2D eigenvalue weighted by molar-refractivity contribution is 0.0995. The second-order valence-corrected chi connectivity index (χ2v) is 3.91. The number of methoxy groups -OCH3 is 1. The van der Waals surface area contributed by atoms with E-state index in [1.807, 2.05) is 13.8 Å². The molecule has 0 fully saturated rings. The fraction of sp³-hybridized carbons (Fsp3) is 0.538. The van der Waals surface area contributed by atoms with Crippen LogP contribution in [0.3, 0.4) is 0 Å². The summed E-state index contributed by atoms with van der Waals surface area (Å²) in [7, 11) is 1.49. The van der Waals surface area contributed by atoms with E-state index in [1.54, 1.807) is 12.1 Å². The minimum absolute atomic E-state index is 0.0999. The minimum atomic E-state index is -0.735. The topological polar surface area (TPSA) is 29.5 Å². The zero-order valence-electron chi connectivity index (χ0n) is 10.0. The fourth-order valence-corrected chi connectivity index (χ4v) is 1.86. The molecule has 1 aromatic carbocycles. The molecule has 90 valence electrons. The largest absolute Gasteiger partial charge is 0.497 e. The molecule has 0 aliphatic heterocycles. The second kappa shape index (κ2) is 5.85. The predicted octanol–water partition coefficient (Wildman–Crippen LogP) is 3.30. The first-order valence-electron chi connectivity index (χ1n) is 5.65. The van der Waals surface area contributed by atoms with Gasteiger partial charge in [-0.2, -0.15) is 0 Å². The molecular formula is C13H19FO2. The predicted molar refractivity (Wildman–Crippen MR) is 62.0 cm³/mol. The number of ether oxygens (including phenoxy) is 1. The van der Waals surface area contributed by atoms with Gasteiger partial charge in [0.25, 0.3) is 0 Å². The van der Waals surface area contributed by atoms with Gasteiger partial charge in [0.15, 0.2) is 0 Å². The summed E-state index contributed by atoms with van der Waals surface area (Å²) in [5, 5.41) is 10.0. The Kier molecular flexibility index (Phi) is 4.74. The lowest BCUT2D eigenvalue weighted by atomic mass is 9.91. The Bertz CT molecular complexity index is 335. The highest BCUT2D eigenvalue weighted by molar-refractivity contribution is 5.30. The Labute approximate surface area is 96.1 Å². The van der Waals surface area contributed by atoms with Gasteiger partial charge in [-0.25, -0.2) is 4.39 Å². The molecule has 0 spiro atoms. The molecule has 0 aromatic heterocycles. The van der Waals surface area contributed by atoms with Gasteiger partial charge in [-0.05, 0) is 18.1 Å². The van der Waals surface area contributed by atoms with Gasteiger partial charge < -0.3 is 9.84 Å². The van der Waals surface area contributed by atoms with Crippen LogP contribution in [0.15, 0.2) is 18.2 Å². The molecule has 3 heteroatoms. The molecule has 0 aliphatic rings. The molecule has 0 saturated carbocycles. The molecule has 1 rings (SSSR count). The van der Waals surface area contributed by atoms with E-state index < -0.39 is 11.9 Å². The quantitative estimate of drug-likeness (QED) is 0.834. The van der Waals surface area contributed by atoms with Crippen molar-refractivity contribution in [1.29, 1.82) is 0 Å². The van der Waals surface area contributed by atoms with E-state index >= 15 is 0 Å². The van der Waals surface area contributed by atoms with Crippen LogP contribution >= 0.6 is 0 Å². The fourth-order valence-electron chi connectivity index (χ4n) is 1.86.